The molecule has 1 saturated heterocycles. The first-order chi connectivity index (χ1) is 14.8. The summed E-state index contributed by atoms with van der Waals surface area (Å²) < 4.78 is 5.98. The number of hydrogen-bond acceptors (Lipinski definition) is 4. The van der Waals surface area contributed by atoms with Crippen LogP contribution in [0.25, 0.3) is 0 Å². The van der Waals surface area contributed by atoms with Crippen LogP contribution in [0.4, 0.5) is 5.69 Å². The van der Waals surface area contributed by atoms with Gasteiger partial charge in [0.25, 0.3) is 0 Å². The van der Waals surface area contributed by atoms with E-state index < -0.39 is 0 Å². The van der Waals surface area contributed by atoms with Gasteiger partial charge < -0.3 is 4.74 Å². The third-order valence-electron chi connectivity index (χ3n) is 8.49. The molecule has 5 nitrogen and oxygen atoms in total. The molecule has 1 aliphatic heterocycles. The van der Waals surface area contributed by atoms with Gasteiger partial charge in [-0.15, -0.1) is 0 Å². The molecule has 3 aliphatic carbocycles. The summed E-state index contributed by atoms with van der Waals surface area (Å²) in [7, 11) is 0. The monoisotopic (exact) mass is 423 g/mol. The molecular formula is C26H33NO4. The molecule has 1 heterocycles. The van der Waals surface area contributed by atoms with E-state index in [9.17, 15) is 14.4 Å². The molecule has 1 aromatic rings. The van der Waals surface area contributed by atoms with Crippen LogP contribution in [-0.2, 0) is 14.3 Å². The molecule has 0 aromatic heterocycles. The van der Waals surface area contributed by atoms with Gasteiger partial charge in [0.2, 0.25) is 11.8 Å². The number of anilines is 1. The Kier molecular flexibility index (Phi) is 5.18. The van der Waals surface area contributed by atoms with Crippen molar-refractivity contribution in [3.63, 3.8) is 0 Å². The molecule has 4 fully saturated rings. The van der Waals surface area contributed by atoms with Crippen molar-refractivity contribution in [1.29, 1.82) is 0 Å². The number of imide groups is 1. The lowest BCUT2D eigenvalue weighted by atomic mass is 9.75. The summed E-state index contributed by atoms with van der Waals surface area (Å²) in [5.41, 5.74) is 0.925. The summed E-state index contributed by atoms with van der Waals surface area (Å²) in [4.78, 5) is 40.6. The second-order valence-corrected chi connectivity index (χ2v) is 10.7. The number of benzene rings is 1. The van der Waals surface area contributed by atoms with Crippen molar-refractivity contribution >= 4 is 23.5 Å². The average molecular weight is 424 g/mol. The van der Waals surface area contributed by atoms with Gasteiger partial charge in [0.15, 0.2) is 0 Å². The van der Waals surface area contributed by atoms with E-state index in [4.69, 9.17) is 4.74 Å². The van der Waals surface area contributed by atoms with E-state index in [1.807, 2.05) is 0 Å². The molecule has 2 amide bonds. The Hall–Kier alpha value is -2.17. The highest BCUT2D eigenvalue weighted by atomic mass is 16.5. The number of fused-ring (bicyclic) bond motifs is 5. The molecule has 0 radical (unpaired) electrons. The maximum Gasteiger partial charge on any atom is 0.338 e. The lowest BCUT2D eigenvalue weighted by Crippen LogP contribution is -2.36. The number of esters is 1. The summed E-state index contributed by atoms with van der Waals surface area (Å²) in [6.07, 6.45) is 6.20. The van der Waals surface area contributed by atoms with E-state index in [0.29, 0.717) is 40.8 Å². The van der Waals surface area contributed by atoms with Gasteiger partial charge in [0.1, 0.15) is 6.10 Å². The fourth-order valence-electron chi connectivity index (χ4n) is 6.89. The standard InChI is InChI=1S/C26H33NO4/c1-14(2)20-10-7-15(3)11-21(20)31-26(30)18-5-4-6-19(13-18)27-24(28)22-16-8-9-17(12-16)23(22)25(27)29/h4-6,13-17,20-23H,7-12H2,1-3H3/t15-,16-,17+,20-,21+,22-,23+/m0/s1. The molecular weight excluding hydrogens is 390 g/mol. The minimum Gasteiger partial charge on any atom is -0.458 e. The number of hydrogen-bond donors (Lipinski definition) is 0. The van der Waals surface area contributed by atoms with Crippen LogP contribution in [-0.4, -0.2) is 23.9 Å². The zero-order valence-electron chi connectivity index (χ0n) is 18.8. The van der Waals surface area contributed by atoms with Crippen molar-refractivity contribution in [2.45, 2.75) is 65.4 Å². The lowest BCUT2D eigenvalue weighted by molar-refractivity contribution is -0.123. The minimum atomic E-state index is -0.356. The smallest absolute Gasteiger partial charge is 0.338 e. The number of nitrogens with zero attached hydrogens (tertiary/aromatic N) is 1. The van der Waals surface area contributed by atoms with Crippen molar-refractivity contribution in [2.24, 2.45) is 41.4 Å². The lowest BCUT2D eigenvalue weighted by Gasteiger charge is -2.36. The molecule has 2 bridgehead atoms. The number of carbonyl (C=O) groups excluding carboxylic acids is 3. The number of rotatable bonds is 4. The van der Waals surface area contributed by atoms with E-state index in [-0.39, 0.29) is 35.7 Å². The molecule has 4 aliphatic rings. The Morgan fingerprint density at radius 1 is 1.00 bits per heavy atom. The van der Waals surface area contributed by atoms with Gasteiger partial charge in [-0.25, -0.2) is 4.79 Å². The Bertz CT molecular complexity index is 880. The Labute approximate surface area is 184 Å². The van der Waals surface area contributed by atoms with Crippen molar-refractivity contribution < 1.29 is 19.1 Å². The maximum absolute atomic E-state index is 13.1. The van der Waals surface area contributed by atoms with E-state index in [2.05, 4.69) is 20.8 Å². The summed E-state index contributed by atoms with van der Waals surface area (Å²) in [6.45, 7) is 6.60. The number of amides is 2. The average Bonchev–Trinajstić information content (AvgIpc) is 3.41. The highest BCUT2D eigenvalue weighted by Gasteiger charge is 2.61. The first-order valence-electron chi connectivity index (χ1n) is 12.0. The Morgan fingerprint density at radius 3 is 2.32 bits per heavy atom. The topological polar surface area (TPSA) is 63.7 Å². The quantitative estimate of drug-likeness (QED) is 0.513. The molecule has 7 atom stereocenters. The first-order valence-corrected chi connectivity index (χ1v) is 12.0. The molecule has 0 unspecified atom stereocenters. The van der Waals surface area contributed by atoms with Crippen LogP contribution in [0.5, 0.6) is 0 Å². The Balaban J connectivity index is 1.35. The summed E-state index contributed by atoms with van der Waals surface area (Å²) in [6, 6.07) is 6.89. The molecule has 0 N–H and O–H groups in total. The van der Waals surface area contributed by atoms with Crippen molar-refractivity contribution in [3.8, 4) is 0 Å². The van der Waals surface area contributed by atoms with E-state index in [1.54, 1.807) is 24.3 Å². The third-order valence-corrected chi connectivity index (χ3v) is 8.49. The zero-order chi connectivity index (χ0) is 21.9. The second kappa shape index (κ2) is 7.75. The van der Waals surface area contributed by atoms with Gasteiger partial charge >= 0.3 is 5.97 Å². The van der Waals surface area contributed by atoms with E-state index in [0.717, 1.165) is 32.1 Å². The Morgan fingerprint density at radius 2 is 1.68 bits per heavy atom. The van der Waals surface area contributed by atoms with Crippen LogP contribution >= 0.6 is 0 Å². The van der Waals surface area contributed by atoms with E-state index in [1.165, 1.54) is 11.3 Å². The van der Waals surface area contributed by atoms with Gasteiger partial charge in [-0.3, -0.25) is 14.5 Å². The van der Waals surface area contributed by atoms with E-state index >= 15 is 0 Å². The molecule has 5 rings (SSSR count). The van der Waals surface area contributed by atoms with Crippen LogP contribution in [0.2, 0.25) is 0 Å². The summed E-state index contributed by atoms with van der Waals surface area (Å²) >= 11 is 0. The predicted molar refractivity (Wildman–Crippen MR) is 117 cm³/mol. The van der Waals surface area contributed by atoms with Crippen molar-refractivity contribution in [3.05, 3.63) is 29.8 Å². The van der Waals surface area contributed by atoms with Crippen LogP contribution in [0.15, 0.2) is 24.3 Å². The molecule has 1 aromatic carbocycles. The van der Waals surface area contributed by atoms with Crippen LogP contribution in [0, 0.1) is 41.4 Å². The van der Waals surface area contributed by atoms with Gasteiger partial charge in [-0.05, 0) is 79.9 Å². The fourth-order valence-corrected chi connectivity index (χ4v) is 6.89. The molecule has 31 heavy (non-hydrogen) atoms. The highest BCUT2D eigenvalue weighted by molar-refractivity contribution is 6.22. The van der Waals surface area contributed by atoms with Gasteiger partial charge in [-0.2, -0.15) is 0 Å². The maximum atomic E-state index is 13.1. The van der Waals surface area contributed by atoms with Crippen molar-refractivity contribution in [2.75, 3.05) is 4.90 Å². The summed E-state index contributed by atoms with van der Waals surface area (Å²) in [5.74, 6) is 1.28. The third kappa shape index (κ3) is 3.41. The zero-order valence-corrected chi connectivity index (χ0v) is 18.8. The first kappa shape index (κ1) is 20.7. The van der Waals surface area contributed by atoms with Gasteiger partial charge in [-0.1, -0.05) is 33.3 Å². The molecule has 166 valence electrons. The number of carbonyl (C=O) groups is 3. The van der Waals surface area contributed by atoms with Crippen LogP contribution < -0.4 is 4.90 Å². The molecule has 0 spiro atoms. The molecule has 5 heteroatoms. The predicted octanol–water partition coefficient (Wildman–Crippen LogP) is 4.84. The van der Waals surface area contributed by atoms with Crippen molar-refractivity contribution in [1.82, 2.24) is 0 Å². The van der Waals surface area contributed by atoms with Crippen LogP contribution in [0.1, 0.15) is 69.7 Å². The van der Waals surface area contributed by atoms with Crippen LogP contribution in [0.3, 0.4) is 0 Å². The normalized spacial score (nSPS) is 36.9. The van der Waals surface area contributed by atoms with Gasteiger partial charge in [0, 0.05) is 0 Å². The summed E-state index contributed by atoms with van der Waals surface area (Å²) in [5, 5.41) is 0. The highest BCUT2D eigenvalue weighted by Crippen LogP contribution is 2.56. The van der Waals surface area contributed by atoms with Gasteiger partial charge in [0.05, 0.1) is 23.1 Å². The largest absolute Gasteiger partial charge is 0.458 e. The minimum absolute atomic E-state index is 0.0753. The second-order valence-electron chi connectivity index (χ2n) is 10.7. The molecule has 3 saturated carbocycles. The fraction of sp³-hybridized carbons (Fsp3) is 0.654. The SMILES string of the molecule is CC(C)[C@@H]1CC[C@H](C)C[C@H]1OC(=O)c1cccc(N2C(=O)[C@@H]3[C@@H]4CC[C@@H](C4)[C@@H]3C2=O)c1. The number of ether oxygens (including phenoxy) is 1.